The molecule has 0 unspecified atom stereocenters. The van der Waals surface area contributed by atoms with Gasteiger partial charge in [0.05, 0.1) is 19.3 Å². The topological polar surface area (TPSA) is 52.6 Å². The first-order valence-electron chi connectivity index (χ1n) is 3.75. The molecular formula is C8H10O4. The average molecular weight is 170 g/mol. The van der Waals surface area contributed by atoms with Gasteiger partial charge in [-0.3, -0.25) is 4.79 Å². The highest BCUT2D eigenvalue weighted by molar-refractivity contribution is 5.94. The molecule has 0 fully saturated rings. The first-order chi connectivity index (χ1) is 5.74. The second-order valence-corrected chi connectivity index (χ2v) is 2.35. The largest absolute Gasteiger partial charge is 0.486 e. The molecule has 0 radical (unpaired) electrons. The van der Waals surface area contributed by atoms with Gasteiger partial charge in [0.1, 0.15) is 0 Å². The Morgan fingerprint density at radius 3 is 3.17 bits per heavy atom. The maximum absolute atomic E-state index is 11.0. The van der Waals surface area contributed by atoms with Crippen molar-refractivity contribution >= 4 is 11.8 Å². The first-order valence-corrected chi connectivity index (χ1v) is 3.75. The molecule has 4 nitrogen and oxygen atoms in total. The molecule has 0 spiro atoms. The molecular weight excluding hydrogens is 160 g/mol. The number of hydrogen-bond donors (Lipinski definition) is 0. The van der Waals surface area contributed by atoms with E-state index in [2.05, 4.69) is 4.74 Å². The van der Waals surface area contributed by atoms with Crippen LogP contribution in [-0.2, 0) is 19.1 Å². The van der Waals surface area contributed by atoms with E-state index in [-0.39, 0.29) is 12.2 Å². The van der Waals surface area contributed by atoms with Crippen LogP contribution in [0.1, 0.15) is 13.3 Å². The molecule has 1 heterocycles. The Morgan fingerprint density at radius 1 is 1.83 bits per heavy atom. The Labute approximate surface area is 70.1 Å². The summed E-state index contributed by atoms with van der Waals surface area (Å²) in [4.78, 5) is 21.8. The fourth-order valence-corrected chi connectivity index (χ4v) is 0.883. The van der Waals surface area contributed by atoms with E-state index in [9.17, 15) is 9.59 Å². The maximum Gasteiger partial charge on any atom is 0.347 e. The van der Waals surface area contributed by atoms with Gasteiger partial charge >= 0.3 is 5.97 Å². The van der Waals surface area contributed by atoms with Gasteiger partial charge in [0.15, 0.2) is 5.78 Å². The Bertz CT molecular complexity index is 219. The van der Waals surface area contributed by atoms with E-state index in [1.807, 2.05) is 0 Å². The molecule has 0 N–H and O–H groups in total. The van der Waals surface area contributed by atoms with Gasteiger partial charge < -0.3 is 9.47 Å². The monoisotopic (exact) mass is 170 g/mol. The lowest BCUT2D eigenvalue weighted by Gasteiger charge is -2.16. The van der Waals surface area contributed by atoms with E-state index in [0.717, 1.165) is 0 Å². The summed E-state index contributed by atoms with van der Waals surface area (Å²) in [6, 6.07) is 0. The maximum atomic E-state index is 11.0. The van der Waals surface area contributed by atoms with Crippen molar-refractivity contribution in [2.45, 2.75) is 19.4 Å². The standard InChI is InChI=1S/C8H10O4/c1-2-11-8(10)7-5-6(9)3-4-12-7/h3-4,7H,2,5H2,1H3/t7-/m0/s1. The quantitative estimate of drug-likeness (QED) is 0.563. The number of hydrogen-bond acceptors (Lipinski definition) is 4. The predicted molar refractivity (Wildman–Crippen MR) is 40.3 cm³/mol. The van der Waals surface area contributed by atoms with Crippen LogP contribution < -0.4 is 0 Å². The van der Waals surface area contributed by atoms with Crippen LogP contribution in [0.25, 0.3) is 0 Å². The van der Waals surface area contributed by atoms with Gasteiger partial charge in [0.25, 0.3) is 0 Å². The summed E-state index contributed by atoms with van der Waals surface area (Å²) in [7, 11) is 0. The van der Waals surface area contributed by atoms with Crippen LogP contribution >= 0.6 is 0 Å². The van der Waals surface area contributed by atoms with Crippen molar-refractivity contribution < 1.29 is 19.1 Å². The number of rotatable bonds is 2. The van der Waals surface area contributed by atoms with E-state index >= 15 is 0 Å². The molecule has 0 aromatic carbocycles. The summed E-state index contributed by atoms with van der Waals surface area (Å²) >= 11 is 0. The summed E-state index contributed by atoms with van der Waals surface area (Å²) in [6.45, 7) is 2.01. The van der Waals surface area contributed by atoms with Crippen molar-refractivity contribution in [2.75, 3.05) is 6.61 Å². The second-order valence-electron chi connectivity index (χ2n) is 2.35. The van der Waals surface area contributed by atoms with Crippen LogP contribution in [0.5, 0.6) is 0 Å². The number of carbonyl (C=O) groups excluding carboxylic acids is 2. The minimum atomic E-state index is -0.748. The Hall–Kier alpha value is -1.32. The molecule has 0 aromatic rings. The molecule has 0 aromatic heterocycles. The van der Waals surface area contributed by atoms with Crippen LogP contribution in [0.15, 0.2) is 12.3 Å². The minimum absolute atomic E-state index is 0.0787. The highest BCUT2D eigenvalue weighted by atomic mass is 16.6. The van der Waals surface area contributed by atoms with Gasteiger partial charge in [-0.2, -0.15) is 0 Å². The molecule has 1 aliphatic rings. The zero-order chi connectivity index (χ0) is 8.97. The second kappa shape index (κ2) is 3.90. The summed E-state index contributed by atoms with van der Waals surface area (Å²) in [5.74, 6) is -0.588. The molecule has 66 valence electrons. The van der Waals surface area contributed by atoms with Crippen LogP contribution in [-0.4, -0.2) is 24.5 Å². The number of ether oxygens (including phenoxy) is 2. The van der Waals surface area contributed by atoms with E-state index in [4.69, 9.17) is 4.74 Å². The van der Waals surface area contributed by atoms with E-state index in [1.54, 1.807) is 6.92 Å². The molecule has 0 bridgehead atoms. The minimum Gasteiger partial charge on any atom is -0.486 e. The summed E-state index contributed by atoms with van der Waals surface area (Å²) in [5, 5.41) is 0. The van der Waals surface area contributed by atoms with Gasteiger partial charge in [-0.25, -0.2) is 4.79 Å². The van der Waals surface area contributed by atoms with Gasteiger partial charge in [-0.05, 0) is 6.92 Å². The van der Waals surface area contributed by atoms with Gasteiger partial charge in [-0.1, -0.05) is 0 Å². The molecule has 1 aliphatic heterocycles. The van der Waals surface area contributed by atoms with Gasteiger partial charge in [-0.15, -0.1) is 0 Å². The molecule has 0 saturated heterocycles. The van der Waals surface area contributed by atoms with Crippen LogP contribution in [0.2, 0.25) is 0 Å². The highest BCUT2D eigenvalue weighted by Crippen LogP contribution is 2.08. The fraction of sp³-hybridized carbons (Fsp3) is 0.500. The number of ketones is 1. The van der Waals surface area contributed by atoms with Crippen molar-refractivity contribution in [1.82, 2.24) is 0 Å². The number of carbonyl (C=O) groups is 2. The van der Waals surface area contributed by atoms with E-state index in [0.29, 0.717) is 6.61 Å². The lowest BCUT2D eigenvalue weighted by Crippen LogP contribution is -2.29. The van der Waals surface area contributed by atoms with Crippen LogP contribution in [0.3, 0.4) is 0 Å². The average Bonchev–Trinajstić information content (AvgIpc) is 2.05. The van der Waals surface area contributed by atoms with Gasteiger partial charge in [0.2, 0.25) is 6.10 Å². The third-order valence-corrected chi connectivity index (χ3v) is 1.43. The van der Waals surface area contributed by atoms with Crippen molar-refractivity contribution in [3.63, 3.8) is 0 Å². The lowest BCUT2D eigenvalue weighted by atomic mass is 10.1. The molecule has 0 amide bonds. The predicted octanol–water partition coefficient (Wildman–Crippen LogP) is 0.421. The summed E-state index contributed by atoms with van der Waals surface area (Å²) in [6.07, 6.45) is 1.86. The molecule has 1 atom stereocenters. The molecule has 0 aliphatic carbocycles. The zero-order valence-electron chi connectivity index (χ0n) is 6.78. The van der Waals surface area contributed by atoms with E-state index in [1.165, 1.54) is 12.3 Å². The fourth-order valence-electron chi connectivity index (χ4n) is 0.883. The van der Waals surface area contributed by atoms with Crippen molar-refractivity contribution in [3.05, 3.63) is 12.3 Å². The summed E-state index contributed by atoms with van der Waals surface area (Å²) in [5.41, 5.74) is 0. The molecule has 4 heteroatoms. The van der Waals surface area contributed by atoms with E-state index < -0.39 is 12.1 Å². The van der Waals surface area contributed by atoms with Crippen molar-refractivity contribution in [3.8, 4) is 0 Å². The third-order valence-electron chi connectivity index (χ3n) is 1.43. The third kappa shape index (κ3) is 2.08. The van der Waals surface area contributed by atoms with Gasteiger partial charge in [0, 0.05) is 6.08 Å². The SMILES string of the molecule is CCOC(=O)[C@@H]1CC(=O)C=CO1. The summed E-state index contributed by atoms with van der Waals surface area (Å²) < 4.78 is 9.57. The zero-order valence-corrected chi connectivity index (χ0v) is 6.78. The molecule has 0 saturated carbocycles. The van der Waals surface area contributed by atoms with Crippen LogP contribution in [0, 0.1) is 0 Å². The Kier molecular flexibility index (Phi) is 2.85. The van der Waals surface area contributed by atoms with Crippen LogP contribution in [0.4, 0.5) is 0 Å². The van der Waals surface area contributed by atoms with Crippen molar-refractivity contribution in [2.24, 2.45) is 0 Å². The molecule has 12 heavy (non-hydrogen) atoms. The normalized spacial score (nSPS) is 21.8. The smallest absolute Gasteiger partial charge is 0.347 e. The first kappa shape index (κ1) is 8.77. The number of esters is 1. The molecule has 1 rings (SSSR count). The highest BCUT2D eigenvalue weighted by Gasteiger charge is 2.25. The number of allylic oxidation sites excluding steroid dienone is 1. The Morgan fingerprint density at radius 2 is 2.58 bits per heavy atom. The van der Waals surface area contributed by atoms with Crippen molar-refractivity contribution in [1.29, 1.82) is 0 Å². The lowest BCUT2D eigenvalue weighted by molar-refractivity contribution is -0.155. The Balaban J connectivity index is 2.48.